The van der Waals surface area contributed by atoms with Gasteiger partial charge in [0.15, 0.2) is 0 Å². The molecule has 0 saturated carbocycles. The highest BCUT2D eigenvalue weighted by atomic mass is 16.6. The minimum Gasteiger partial charge on any atom is -0.468 e. The number of hydrogen-bond donors (Lipinski definition) is 2. The Balaban J connectivity index is 2.26. The zero-order valence-corrected chi connectivity index (χ0v) is 14.6. The van der Waals surface area contributed by atoms with Crippen molar-refractivity contribution in [2.24, 2.45) is 5.92 Å². The molecule has 1 amide bonds. The van der Waals surface area contributed by atoms with E-state index in [1.54, 1.807) is 4.90 Å². The summed E-state index contributed by atoms with van der Waals surface area (Å²) in [7, 11) is 1.30. The van der Waals surface area contributed by atoms with Gasteiger partial charge in [0.2, 0.25) is 0 Å². The molecule has 1 rings (SSSR count). The molecule has 0 aromatic rings. The van der Waals surface area contributed by atoms with Crippen molar-refractivity contribution in [1.29, 1.82) is 0 Å². The molecule has 1 fully saturated rings. The Hall–Kier alpha value is -1.34. The van der Waals surface area contributed by atoms with Gasteiger partial charge in [0, 0.05) is 13.1 Å². The third-order valence-corrected chi connectivity index (χ3v) is 3.88. The predicted molar refractivity (Wildman–Crippen MR) is 86.0 cm³/mol. The molecule has 1 saturated heterocycles. The van der Waals surface area contributed by atoms with Crippen molar-refractivity contribution in [2.45, 2.75) is 51.7 Å². The molecule has 0 radical (unpaired) electrons. The Morgan fingerprint density at radius 2 is 1.91 bits per heavy atom. The van der Waals surface area contributed by atoms with E-state index < -0.39 is 17.6 Å². The molecule has 134 valence electrons. The normalized spacial score (nSPS) is 17.7. The maximum absolute atomic E-state index is 12.0. The molecular weight excluding hydrogens is 300 g/mol. The van der Waals surface area contributed by atoms with Crippen molar-refractivity contribution in [3.8, 4) is 0 Å². The first kappa shape index (κ1) is 19.7. The average Bonchev–Trinajstić information content (AvgIpc) is 2.49. The first-order chi connectivity index (χ1) is 10.8. The number of aliphatic hydroxyl groups is 1. The highest BCUT2D eigenvalue weighted by Crippen LogP contribution is 2.21. The first-order valence-corrected chi connectivity index (χ1v) is 8.17. The number of ether oxygens (including phenoxy) is 2. The Morgan fingerprint density at radius 1 is 1.30 bits per heavy atom. The largest absolute Gasteiger partial charge is 0.468 e. The molecule has 0 spiro atoms. The molecule has 0 aromatic heterocycles. The predicted octanol–water partition coefficient (Wildman–Crippen LogP) is 1.15. The highest BCUT2D eigenvalue weighted by Gasteiger charge is 2.27. The molecule has 23 heavy (non-hydrogen) atoms. The van der Waals surface area contributed by atoms with Crippen LogP contribution in [0.2, 0.25) is 0 Å². The lowest BCUT2D eigenvalue weighted by molar-refractivity contribution is -0.144. The van der Waals surface area contributed by atoms with Crippen molar-refractivity contribution in [1.82, 2.24) is 10.2 Å². The monoisotopic (exact) mass is 330 g/mol. The molecule has 1 aliphatic rings. The van der Waals surface area contributed by atoms with Gasteiger partial charge in [-0.2, -0.15) is 0 Å². The van der Waals surface area contributed by atoms with Gasteiger partial charge in [-0.15, -0.1) is 0 Å². The van der Waals surface area contributed by atoms with E-state index in [1.807, 2.05) is 20.8 Å². The third-order valence-electron chi connectivity index (χ3n) is 3.88. The second-order valence-electron chi connectivity index (χ2n) is 6.91. The third kappa shape index (κ3) is 7.18. The number of rotatable bonds is 6. The van der Waals surface area contributed by atoms with Crippen LogP contribution in [0.15, 0.2) is 0 Å². The number of methoxy groups -OCH3 is 1. The van der Waals surface area contributed by atoms with E-state index in [9.17, 15) is 9.59 Å². The van der Waals surface area contributed by atoms with Crippen LogP contribution in [0.1, 0.15) is 40.0 Å². The van der Waals surface area contributed by atoms with E-state index in [0.29, 0.717) is 25.6 Å². The number of nitrogens with zero attached hydrogens (tertiary/aromatic N) is 1. The minimum atomic E-state index is -0.665. The molecule has 2 N–H and O–H groups in total. The quantitative estimate of drug-likeness (QED) is 0.710. The number of hydrogen-bond acceptors (Lipinski definition) is 6. The second-order valence-corrected chi connectivity index (χ2v) is 6.91. The Morgan fingerprint density at radius 3 is 2.39 bits per heavy atom. The highest BCUT2D eigenvalue weighted by molar-refractivity contribution is 5.75. The first-order valence-electron chi connectivity index (χ1n) is 8.17. The van der Waals surface area contributed by atoms with Crippen LogP contribution in [0, 0.1) is 5.92 Å². The summed E-state index contributed by atoms with van der Waals surface area (Å²) in [4.78, 5) is 25.1. The van der Waals surface area contributed by atoms with Crippen LogP contribution in [-0.4, -0.2) is 67.1 Å². The number of nitrogens with one attached hydrogen (secondary N) is 1. The maximum atomic E-state index is 12.0. The Bertz CT molecular complexity index is 386. The van der Waals surface area contributed by atoms with Crippen LogP contribution in [0.25, 0.3) is 0 Å². The summed E-state index contributed by atoms with van der Waals surface area (Å²) in [6.45, 7) is 7.34. The Kier molecular flexibility index (Phi) is 7.78. The number of carbonyl (C=O) groups is 2. The number of carbonyl (C=O) groups excluding carboxylic acids is 2. The SMILES string of the molecule is COC(=O)[C@H](CO)NCCC1CCN(C(=O)OC(C)(C)C)CC1. The summed E-state index contributed by atoms with van der Waals surface area (Å²) < 4.78 is 9.98. The van der Waals surface area contributed by atoms with Crippen molar-refractivity contribution in [2.75, 3.05) is 33.4 Å². The summed E-state index contributed by atoms with van der Waals surface area (Å²) in [6.07, 6.45) is 2.49. The van der Waals surface area contributed by atoms with Gasteiger partial charge in [-0.1, -0.05) is 0 Å². The fraction of sp³-hybridized carbons (Fsp3) is 0.875. The zero-order valence-electron chi connectivity index (χ0n) is 14.6. The minimum absolute atomic E-state index is 0.250. The summed E-state index contributed by atoms with van der Waals surface area (Å²) >= 11 is 0. The van der Waals surface area contributed by atoms with Gasteiger partial charge in [-0.05, 0) is 52.5 Å². The molecule has 7 heteroatoms. The number of piperidine rings is 1. The summed E-state index contributed by atoms with van der Waals surface area (Å²) in [5.41, 5.74) is -0.467. The van der Waals surface area contributed by atoms with E-state index in [0.717, 1.165) is 19.3 Å². The van der Waals surface area contributed by atoms with E-state index in [1.165, 1.54) is 7.11 Å². The van der Waals surface area contributed by atoms with Crippen LogP contribution in [0.3, 0.4) is 0 Å². The van der Waals surface area contributed by atoms with Crippen LogP contribution in [0.5, 0.6) is 0 Å². The number of esters is 1. The van der Waals surface area contributed by atoms with Crippen molar-refractivity contribution in [3.05, 3.63) is 0 Å². The molecule has 1 aliphatic heterocycles. The zero-order chi connectivity index (χ0) is 17.5. The second kappa shape index (κ2) is 9.08. The van der Waals surface area contributed by atoms with Gasteiger partial charge in [0.05, 0.1) is 13.7 Å². The van der Waals surface area contributed by atoms with E-state index >= 15 is 0 Å². The molecule has 0 unspecified atom stereocenters. The topological polar surface area (TPSA) is 88.1 Å². The summed E-state index contributed by atoms with van der Waals surface area (Å²) in [5.74, 6) is 0.0467. The molecule has 1 atom stereocenters. The lowest BCUT2D eigenvalue weighted by Gasteiger charge is -2.33. The maximum Gasteiger partial charge on any atom is 0.410 e. The fourth-order valence-electron chi connectivity index (χ4n) is 2.56. The van der Waals surface area contributed by atoms with Crippen LogP contribution >= 0.6 is 0 Å². The summed E-state index contributed by atoms with van der Waals surface area (Å²) in [6, 6.07) is -0.665. The lowest BCUT2D eigenvalue weighted by atomic mass is 9.93. The van der Waals surface area contributed by atoms with Crippen LogP contribution in [-0.2, 0) is 14.3 Å². The molecule has 1 heterocycles. The fourth-order valence-corrected chi connectivity index (χ4v) is 2.56. The molecule has 7 nitrogen and oxygen atoms in total. The molecular formula is C16H30N2O5. The van der Waals surface area contributed by atoms with Crippen LogP contribution < -0.4 is 5.32 Å². The van der Waals surface area contributed by atoms with Gasteiger partial charge < -0.3 is 24.8 Å². The van der Waals surface area contributed by atoms with Gasteiger partial charge >= 0.3 is 12.1 Å². The van der Waals surface area contributed by atoms with Gasteiger partial charge in [0.25, 0.3) is 0 Å². The van der Waals surface area contributed by atoms with Crippen LogP contribution in [0.4, 0.5) is 4.79 Å². The van der Waals surface area contributed by atoms with Crippen molar-refractivity contribution < 1.29 is 24.2 Å². The molecule has 0 aromatic carbocycles. The molecule has 0 bridgehead atoms. The van der Waals surface area contributed by atoms with Gasteiger partial charge in [0.1, 0.15) is 11.6 Å². The average molecular weight is 330 g/mol. The van der Waals surface area contributed by atoms with Crippen molar-refractivity contribution in [3.63, 3.8) is 0 Å². The Labute approximate surface area is 138 Å². The standard InChI is InChI=1S/C16H30N2O5/c1-16(2,3)23-15(21)18-9-6-12(7-10-18)5-8-17-13(11-19)14(20)22-4/h12-13,17,19H,5-11H2,1-4H3/t13-/m0/s1. The number of amides is 1. The van der Waals surface area contributed by atoms with E-state index in [-0.39, 0.29) is 12.7 Å². The summed E-state index contributed by atoms with van der Waals surface area (Å²) in [5, 5.41) is 12.1. The van der Waals surface area contributed by atoms with Gasteiger partial charge in [-0.3, -0.25) is 4.79 Å². The number of likely N-dealkylation sites (tertiary alicyclic amines) is 1. The molecule has 0 aliphatic carbocycles. The smallest absolute Gasteiger partial charge is 0.410 e. The number of aliphatic hydroxyl groups excluding tert-OH is 1. The van der Waals surface area contributed by atoms with Gasteiger partial charge in [-0.25, -0.2) is 4.79 Å². The van der Waals surface area contributed by atoms with Crippen molar-refractivity contribution >= 4 is 12.1 Å². The lowest BCUT2D eigenvalue weighted by Crippen LogP contribution is -2.43. The van der Waals surface area contributed by atoms with E-state index in [2.05, 4.69) is 10.1 Å². The van der Waals surface area contributed by atoms with E-state index in [4.69, 9.17) is 9.84 Å².